The highest BCUT2D eigenvalue weighted by atomic mass is 32.2. The first kappa shape index (κ1) is 15.1. The molecule has 0 amide bonds. The van der Waals surface area contributed by atoms with E-state index < -0.39 is 10.0 Å². The van der Waals surface area contributed by atoms with Crippen molar-refractivity contribution in [3.05, 3.63) is 54.6 Å². The second kappa shape index (κ2) is 5.88. The van der Waals surface area contributed by atoms with E-state index >= 15 is 0 Å². The highest BCUT2D eigenvalue weighted by molar-refractivity contribution is 7.89. The van der Waals surface area contributed by atoms with Gasteiger partial charge in [0, 0.05) is 19.0 Å². The van der Waals surface area contributed by atoms with Crippen LogP contribution in [0, 0.1) is 0 Å². The van der Waals surface area contributed by atoms with Gasteiger partial charge in [0.15, 0.2) is 11.6 Å². The average molecular weight is 345 g/mol. The van der Waals surface area contributed by atoms with Crippen molar-refractivity contribution in [1.82, 2.24) is 14.4 Å². The molecule has 1 saturated heterocycles. The molecule has 1 aromatic carbocycles. The van der Waals surface area contributed by atoms with E-state index in [2.05, 4.69) is 10.1 Å². The van der Waals surface area contributed by atoms with Crippen molar-refractivity contribution in [3.8, 4) is 11.7 Å². The Morgan fingerprint density at radius 1 is 1.12 bits per heavy atom. The van der Waals surface area contributed by atoms with E-state index in [9.17, 15) is 8.42 Å². The van der Waals surface area contributed by atoms with E-state index in [1.807, 2.05) is 0 Å². The Labute approximate surface area is 138 Å². The summed E-state index contributed by atoms with van der Waals surface area (Å²) in [6.07, 6.45) is 2.19. The Kier molecular flexibility index (Phi) is 3.70. The molecule has 2 aromatic heterocycles. The zero-order valence-corrected chi connectivity index (χ0v) is 13.5. The summed E-state index contributed by atoms with van der Waals surface area (Å²) in [5.41, 5.74) is 0. The number of rotatable bonds is 4. The fourth-order valence-corrected chi connectivity index (χ4v) is 4.32. The fraction of sp³-hybridized carbons (Fsp3) is 0.250. The first-order valence-electron chi connectivity index (χ1n) is 7.57. The van der Waals surface area contributed by atoms with Gasteiger partial charge in [0.05, 0.1) is 11.2 Å². The van der Waals surface area contributed by atoms with E-state index in [4.69, 9.17) is 8.94 Å². The zero-order chi connectivity index (χ0) is 16.6. The summed E-state index contributed by atoms with van der Waals surface area (Å²) >= 11 is 0. The van der Waals surface area contributed by atoms with Crippen LogP contribution in [0.2, 0.25) is 0 Å². The summed E-state index contributed by atoms with van der Waals surface area (Å²) in [5, 5.41) is 3.98. The van der Waals surface area contributed by atoms with Crippen LogP contribution in [-0.4, -0.2) is 36.0 Å². The third-order valence-electron chi connectivity index (χ3n) is 4.07. The molecule has 0 N–H and O–H groups in total. The van der Waals surface area contributed by atoms with Crippen molar-refractivity contribution in [3.63, 3.8) is 0 Å². The molecule has 0 unspecified atom stereocenters. The molecule has 7 nitrogen and oxygen atoms in total. The Morgan fingerprint density at radius 2 is 1.96 bits per heavy atom. The van der Waals surface area contributed by atoms with Crippen LogP contribution in [0.25, 0.3) is 11.7 Å². The number of benzene rings is 1. The van der Waals surface area contributed by atoms with Crippen molar-refractivity contribution in [2.45, 2.75) is 17.2 Å². The maximum absolute atomic E-state index is 12.6. The molecule has 1 fully saturated rings. The van der Waals surface area contributed by atoms with Gasteiger partial charge in [-0.05, 0) is 30.7 Å². The third-order valence-corrected chi connectivity index (χ3v) is 5.95. The molecule has 0 saturated carbocycles. The zero-order valence-electron chi connectivity index (χ0n) is 12.7. The van der Waals surface area contributed by atoms with Crippen molar-refractivity contribution in [1.29, 1.82) is 0 Å². The Morgan fingerprint density at radius 3 is 2.71 bits per heavy atom. The highest BCUT2D eigenvalue weighted by Crippen LogP contribution is 2.30. The quantitative estimate of drug-likeness (QED) is 0.722. The first-order valence-corrected chi connectivity index (χ1v) is 9.01. The number of nitrogens with zero attached hydrogens (tertiary/aromatic N) is 3. The van der Waals surface area contributed by atoms with Crippen LogP contribution in [0.5, 0.6) is 0 Å². The molecule has 124 valence electrons. The minimum atomic E-state index is -3.49. The van der Waals surface area contributed by atoms with Crippen LogP contribution < -0.4 is 0 Å². The Hall–Kier alpha value is -2.45. The lowest BCUT2D eigenvalue weighted by molar-refractivity contribution is 0.403. The summed E-state index contributed by atoms with van der Waals surface area (Å²) < 4.78 is 37.2. The van der Waals surface area contributed by atoms with E-state index in [1.54, 1.807) is 42.5 Å². The molecular weight excluding hydrogens is 330 g/mol. The Bertz CT molecular complexity index is 919. The van der Waals surface area contributed by atoms with Crippen LogP contribution >= 0.6 is 0 Å². The lowest BCUT2D eigenvalue weighted by Crippen LogP contribution is -2.28. The minimum absolute atomic E-state index is 0.0871. The maximum Gasteiger partial charge on any atom is 0.293 e. The molecule has 1 atom stereocenters. The topological polar surface area (TPSA) is 89.4 Å². The standard InChI is InChI=1S/C16H15N3O4S/c20-24(21,13-5-2-1-3-6-13)19-9-8-12(11-19)15-17-16(23-18-15)14-7-4-10-22-14/h1-7,10,12H,8-9,11H2/t12-/m0/s1. The lowest BCUT2D eigenvalue weighted by Gasteiger charge is -2.15. The van der Waals surface area contributed by atoms with Crippen LogP contribution in [0.15, 0.2) is 62.6 Å². The van der Waals surface area contributed by atoms with Gasteiger partial charge in [-0.15, -0.1) is 0 Å². The summed E-state index contributed by atoms with van der Waals surface area (Å²) in [6.45, 7) is 0.779. The van der Waals surface area contributed by atoms with Gasteiger partial charge in [-0.25, -0.2) is 8.42 Å². The van der Waals surface area contributed by atoms with Crippen molar-refractivity contribution in [2.24, 2.45) is 0 Å². The molecule has 8 heteroatoms. The Balaban J connectivity index is 1.53. The van der Waals surface area contributed by atoms with Gasteiger partial charge in [-0.3, -0.25) is 0 Å². The van der Waals surface area contributed by atoms with Crippen LogP contribution in [-0.2, 0) is 10.0 Å². The van der Waals surface area contributed by atoms with E-state index in [1.165, 1.54) is 10.6 Å². The molecule has 0 bridgehead atoms. The van der Waals surface area contributed by atoms with Crippen LogP contribution in [0.1, 0.15) is 18.2 Å². The van der Waals surface area contributed by atoms with Gasteiger partial charge in [0.1, 0.15) is 0 Å². The predicted molar refractivity (Wildman–Crippen MR) is 84.6 cm³/mol. The van der Waals surface area contributed by atoms with Gasteiger partial charge >= 0.3 is 0 Å². The van der Waals surface area contributed by atoms with Crippen LogP contribution in [0.4, 0.5) is 0 Å². The van der Waals surface area contributed by atoms with Gasteiger partial charge in [0.25, 0.3) is 5.89 Å². The fourth-order valence-electron chi connectivity index (χ4n) is 2.80. The second-order valence-electron chi connectivity index (χ2n) is 5.60. The third kappa shape index (κ3) is 2.63. The molecule has 0 spiro atoms. The summed E-state index contributed by atoms with van der Waals surface area (Å²) in [6, 6.07) is 11.9. The van der Waals surface area contributed by atoms with Crippen molar-refractivity contribution < 1.29 is 17.4 Å². The lowest BCUT2D eigenvalue weighted by atomic mass is 10.1. The van der Waals surface area contributed by atoms with E-state index in [-0.39, 0.29) is 5.92 Å². The number of hydrogen-bond acceptors (Lipinski definition) is 6. The van der Waals surface area contributed by atoms with Gasteiger partial charge in [-0.1, -0.05) is 23.4 Å². The number of furan rings is 1. The molecule has 3 aromatic rings. The molecular formula is C16H15N3O4S. The van der Waals surface area contributed by atoms with Gasteiger partial charge in [-0.2, -0.15) is 9.29 Å². The number of hydrogen-bond donors (Lipinski definition) is 0. The maximum atomic E-state index is 12.6. The SMILES string of the molecule is O=S(=O)(c1ccccc1)N1CC[C@H](c2noc(-c3ccco3)n2)C1. The van der Waals surface area contributed by atoms with Crippen LogP contribution in [0.3, 0.4) is 0 Å². The van der Waals surface area contributed by atoms with E-state index in [0.29, 0.717) is 41.9 Å². The van der Waals surface area contributed by atoms with Crippen molar-refractivity contribution >= 4 is 10.0 Å². The summed E-state index contributed by atoms with van der Waals surface area (Å²) in [4.78, 5) is 4.63. The van der Waals surface area contributed by atoms with Gasteiger partial charge in [0.2, 0.25) is 10.0 Å². The molecule has 0 aliphatic carbocycles. The minimum Gasteiger partial charge on any atom is -0.459 e. The molecule has 3 heterocycles. The predicted octanol–water partition coefficient (Wildman–Crippen LogP) is 2.51. The largest absolute Gasteiger partial charge is 0.459 e. The number of aromatic nitrogens is 2. The monoisotopic (exact) mass is 345 g/mol. The van der Waals surface area contributed by atoms with Crippen molar-refractivity contribution in [2.75, 3.05) is 13.1 Å². The smallest absolute Gasteiger partial charge is 0.293 e. The molecule has 1 aliphatic heterocycles. The number of sulfonamides is 1. The van der Waals surface area contributed by atoms with Gasteiger partial charge < -0.3 is 8.94 Å². The van der Waals surface area contributed by atoms with E-state index in [0.717, 1.165) is 0 Å². The molecule has 24 heavy (non-hydrogen) atoms. The second-order valence-corrected chi connectivity index (χ2v) is 7.53. The summed E-state index contributed by atoms with van der Waals surface area (Å²) in [7, 11) is -3.49. The molecule has 0 radical (unpaired) electrons. The summed E-state index contributed by atoms with van der Waals surface area (Å²) in [5.74, 6) is 1.22. The molecule has 1 aliphatic rings. The average Bonchev–Trinajstić information content (AvgIpc) is 3.34. The molecule has 4 rings (SSSR count). The normalized spacial score (nSPS) is 18.9. The highest BCUT2D eigenvalue weighted by Gasteiger charge is 2.35. The first-order chi connectivity index (χ1) is 11.6.